The van der Waals surface area contributed by atoms with E-state index in [9.17, 15) is 9.18 Å². The minimum absolute atomic E-state index is 0.0389. The lowest BCUT2D eigenvalue weighted by molar-refractivity contribution is 0.401. The van der Waals surface area contributed by atoms with Crippen LogP contribution >= 0.6 is 0 Å². The van der Waals surface area contributed by atoms with Gasteiger partial charge >= 0.3 is 0 Å². The van der Waals surface area contributed by atoms with Gasteiger partial charge in [-0.05, 0) is 53.6 Å². The van der Waals surface area contributed by atoms with Gasteiger partial charge in [-0.1, -0.05) is 32.0 Å². The Bertz CT molecular complexity index is 1010. The Morgan fingerprint density at radius 3 is 2.76 bits per heavy atom. The molecule has 0 fully saturated rings. The molecule has 1 unspecified atom stereocenters. The Morgan fingerprint density at radius 1 is 1.20 bits per heavy atom. The number of hydrogen-bond acceptors (Lipinski definition) is 2. The predicted octanol–water partition coefficient (Wildman–Crippen LogP) is 4.42. The van der Waals surface area contributed by atoms with Crippen LogP contribution in [0.1, 0.15) is 26.1 Å². The molecule has 0 radical (unpaired) electrons. The summed E-state index contributed by atoms with van der Waals surface area (Å²) in [7, 11) is 0. The second kappa shape index (κ2) is 6.10. The van der Waals surface area contributed by atoms with Crippen molar-refractivity contribution in [1.82, 2.24) is 9.55 Å². The zero-order chi connectivity index (χ0) is 17.6. The summed E-state index contributed by atoms with van der Waals surface area (Å²) < 4.78 is 15.3. The van der Waals surface area contributed by atoms with Crippen molar-refractivity contribution in [3.63, 3.8) is 0 Å². The fourth-order valence-electron chi connectivity index (χ4n) is 3.86. The largest absolute Gasteiger partial charge is 0.296 e. The van der Waals surface area contributed by atoms with E-state index in [1.807, 2.05) is 28.8 Å². The minimum Gasteiger partial charge on any atom is -0.296 e. The van der Waals surface area contributed by atoms with E-state index in [1.165, 1.54) is 12.1 Å². The summed E-state index contributed by atoms with van der Waals surface area (Å²) in [5.41, 5.74) is 2.41. The number of aromatic nitrogens is 2. The number of halogens is 1. The molecule has 2 aromatic carbocycles. The molecule has 0 saturated carbocycles. The van der Waals surface area contributed by atoms with Crippen LogP contribution in [-0.4, -0.2) is 9.55 Å². The van der Waals surface area contributed by atoms with Gasteiger partial charge in [0.15, 0.2) is 0 Å². The van der Waals surface area contributed by atoms with Gasteiger partial charge in [-0.15, -0.1) is 0 Å². The van der Waals surface area contributed by atoms with Gasteiger partial charge in [0.25, 0.3) is 5.56 Å². The van der Waals surface area contributed by atoms with Crippen molar-refractivity contribution in [2.24, 2.45) is 11.8 Å². The van der Waals surface area contributed by atoms with Crippen molar-refractivity contribution in [2.45, 2.75) is 33.2 Å². The van der Waals surface area contributed by atoms with Gasteiger partial charge in [-0.3, -0.25) is 9.36 Å². The van der Waals surface area contributed by atoms with Crippen LogP contribution in [0.5, 0.6) is 0 Å². The number of benzene rings is 2. The summed E-state index contributed by atoms with van der Waals surface area (Å²) in [6.07, 6.45) is 1.96. The van der Waals surface area contributed by atoms with Crippen molar-refractivity contribution in [1.29, 1.82) is 0 Å². The highest BCUT2D eigenvalue weighted by molar-refractivity contribution is 5.83. The van der Waals surface area contributed by atoms with E-state index in [2.05, 4.69) is 13.8 Å². The van der Waals surface area contributed by atoms with Gasteiger partial charge in [0.2, 0.25) is 0 Å². The first-order valence-electron chi connectivity index (χ1n) is 8.80. The smallest absolute Gasteiger partial charge is 0.261 e. The summed E-state index contributed by atoms with van der Waals surface area (Å²) in [5.74, 6) is 1.71. The van der Waals surface area contributed by atoms with Crippen molar-refractivity contribution in [3.8, 4) is 11.1 Å². The summed E-state index contributed by atoms with van der Waals surface area (Å²) in [5, 5.41) is 0.633. The Labute approximate surface area is 146 Å². The van der Waals surface area contributed by atoms with Crippen LogP contribution in [0.25, 0.3) is 22.0 Å². The lowest BCUT2D eigenvalue weighted by Gasteiger charge is -2.10. The maximum absolute atomic E-state index is 13.5. The van der Waals surface area contributed by atoms with Crippen LogP contribution < -0.4 is 5.56 Å². The highest BCUT2D eigenvalue weighted by Gasteiger charge is 2.25. The first-order valence-corrected chi connectivity index (χ1v) is 8.80. The lowest BCUT2D eigenvalue weighted by atomic mass is 9.96. The van der Waals surface area contributed by atoms with E-state index in [1.54, 1.807) is 6.07 Å². The van der Waals surface area contributed by atoms with E-state index in [0.29, 0.717) is 22.7 Å². The molecule has 0 spiro atoms. The number of fused-ring (bicyclic) bond motifs is 2. The third-order valence-electron chi connectivity index (χ3n) is 4.91. The lowest BCUT2D eigenvalue weighted by Crippen LogP contribution is -2.21. The molecule has 2 heterocycles. The molecule has 0 aliphatic carbocycles. The van der Waals surface area contributed by atoms with E-state index in [0.717, 1.165) is 36.3 Å². The second-order valence-corrected chi connectivity index (χ2v) is 7.39. The molecular weight excluding hydrogens is 315 g/mol. The van der Waals surface area contributed by atoms with E-state index < -0.39 is 0 Å². The highest BCUT2D eigenvalue weighted by atomic mass is 19.1. The van der Waals surface area contributed by atoms with Crippen LogP contribution in [0, 0.1) is 17.7 Å². The molecule has 0 bridgehead atoms. The van der Waals surface area contributed by atoms with E-state index in [-0.39, 0.29) is 11.4 Å². The Hall–Kier alpha value is -2.49. The highest BCUT2D eigenvalue weighted by Crippen LogP contribution is 2.27. The van der Waals surface area contributed by atoms with Crippen molar-refractivity contribution >= 4 is 10.9 Å². The molecule has 1 atom stereocenters. The molecule has 25 heavy (non-hydrogen) atoms. The van der Waals surface area contributed by atoms with Crippen molar-refractivity contribution in [2.75, 3.05) is 0 Å². The van der Waals surface area contributed by atoms with Crippen molar-refractivity contribution in [3.05, 3.63) is 64.5 Å². The molecule has 4 rings (SSSR count). The molecule has 0 saturated heterocycles. The summed E-state index contributed by atoms with van der Waals surface area (Å²) >= 11 is 0. The summed E-state index contributed by atoms with van der Waals surface area (Å²) in [4.78, 5) is 17.6. The van der Waals surface area contributed by atoms with Gasteiger partial charge in [0.1, 0.15) is 11.6 Å². The molecular formula is C21H21FN2O. The van der Waals surface area contributed by atoms with Crippen molar-refractivity contribution < 1.29 is 4.39 Å². The molecule has 1 aliphatic heterocycles. The maximum Gasteiger partial charge on any atom is 0.261 e. The average Bonchev–Trinajstić information content (AvgIpc) is 2.96. The molecule has 1 aromatic heterocycles. The first-order chi connectivity index (χ1) is 12.0. The number of nitrogens with zero attached hydrogens (tertiary/aromatic N) is 2. The van der Waals surface area contributed by atoms with E-state index >= 15 is 0 Å². The molecule has 0 amide bonds. The first kappa shape index (κ1) is 16.0. The molecule has 4 heteroatoms. The number of hydrogen-bond donors (Lipinski definition) is 0. The molecule has 3 nitrogen and oxygen atoms in total. The minimum atomic E-state index is -0.267. The average molecular weight is 336 g/mol. The van der Waals surface area contributed by atoms with Crippen LogP contribution in [0.15, 0.2) is 47.3 Å². The Balaban J connectivity index is 1.78. The van der Waals surface area contributed by atoms with Gasteiger partial charge < -0.3 is 0 Å². The summed E-state index contributed by atoms with van der Waals surface area (Å²) in [6, 6.07) is 12.1. The van der Waals surface area contributed by atoms with Crippen LogP contribution in [-0.2, 0) is 13.0 Å². The van der Waals surface area contributed by atoms with E-state index in [4.69, 9.17) is 4.98 Å². The SMILES string of the molecule is CC(C)CC1Cc2nc3cc(-c4cccc(F)c4)ccc3c(=O)n2C1. The number of rotatable bonds is 3. The molecule has 3 aromatic rings. The van der Waals surface area contributed by atoms with Gasteiger partial charge in [0, 0.05) is 13.0 Å². The zero-order valence-corrected chi connectivity index (χ0v) is 14.5. The van der Waals surface area contributed by atoms with Crippen LogP contribution in [0.4, 0.5) is 4.39 Å². The van der Waals surface area contributed by atoms with Gasteiger partial charge in [-0.2, -0.15) is 0 Å². The zero-order valence-electron chi connectivity index (χ0n) is 14.5. The maximum atomic E-state index is 13.5. The van der Waals surface area contributed by atoms with Gasteiger partial charge in [0.05, 0.1) is 10.9 Å². The molecule has 128 valence electrons. The summed E-state index contributed by atoms with van der Waals surface area (Å²) in [6.45, 7) is 5.18. The fraction of sp³-hybridized carbons (Fsp3) is 0.333. The fourth-order valence-corrected chi connectivity index (χ4v) is 3.86. The predicted molar refractivity (Wildman–Crippen MR) is 98.0 cm³/mol. The van der Waals surface area contributed by atoms with Crippen LogP contribution in [0.2, 0.25) is 0 Å². The quantitative estimate of drug-likeness (QED) is 0.709. The second-order valence-electron chi connectivity index (χ2n) is 7.39. The van der Waals surface area contributed by atoms with Gasteiger partial charge in [-0.25, -0.2) is 9.37 Å². The topological polar surface area (TPSA) is 34.9 Å². The molecule has 1 aliphatic rings. The monoisotopic (exact) mass is 336 g/mol. The Kier molecular flexibility index (Phi) is 3.91. The third-order valence-corrected chi connectivity index (χ3v) is 4.91. The van der Waals surface area contributed by atoms with Crippen LogP contribution in [0.3, 0.4) is 0 Å². The standard InChI is InChI=1S/C21H21FN2O/c1-13(2)8-14-9-20-23-19-11-16(15-4-3-5-17(22)10-15)6-7-18(19)21(25)24(20)12-14/h3-7,10-11,13-14H,8-9,12H2,1-2H3. The Morgan fingerprint density at radius 2 is 2.00 bits per heavy atom. The normalized spacial score (nSPS) is 16.6. The molecule has 0 N–H and O–H groups in total. The third kappa shape index (κ3) is 2.97.